The summed E-state index contributed by atoms with van der Waals surface area (Å²) in [5, 5.41) is 20.0. The first kappa shape index (κ1) is 21.2. The Bertz CT molecular complexity index is 1040. The van der Waals surface area contributed by atoms with Gasteiger partial charge in [0.05, 0.1) is 4.90 Å². The summed E-state index contributed by atoms with van der Waals surface area (Å²) in [4.78, 5) is 12.3. The van der Waals surface area contributed by atoms with E-state index in [-0.39, 0.29) is 10.5 Å². The summed E-state index contributed by atoms with van der Waals surface area (Å²) in [6.45, 7) is 4.32. The van der Waals surface area contributed by atoms with Crippen LogP contribution in [0.3, 0.4) is 0 Å². The van der Waals surface area contributed by atoms with Crippen molar-refractivity contribution in [1.29, 1.82) is 5.26 Å². The molecule has 0 aliphatic rings. The van der Waals surface area contributed by atoms with Gasteiger partial charge >= 0.3 is 0 Å². The molecule has 0 atom stereocenters. The van der Waals surface area contributed by atoms with Gasteiger partial charge in [-0.25, -0.2) is 13.6 Å². The van der Waals surface area contributed by atoms with Gasteiger partial charge in [-0.2, -0.15) is 5.26 Å². The van der Waals surface area contributed by atoms with Gasteiger partial charge in [0.1, 0.15) is 11.6 Å². The lowest BCUT2D eigenvalue weighted by atomic mass is 10.1. The summed E-state index contributed by atoms with van der Waals surface area (Å²) in [6, 6.07) is 13.7. The number of hydrogen-bond donors (Lipinski definition) is 3. The van der Waals surface area contributed by atoms with Crippen LogP contribution in [0.2, 0.25) is 0 Å². The minimum absolute atomic E-state index is 0.0366. The standard InChI is InChI=1S/C20H22N4O3S/c1-14-4-3-5-19(15(14)2)24-20(25)17(12-21)13-23-11-10-16-6-8-18(9-7-16)28(22,26)27/h3-9,13,23H,10-11H2,1-2H3,(H,24,25)(H2,22,26,27)/b17-13-. The summed E-state index contributed by atoms with van der Waals surface area (Å²) in [5.41, 5.74) is 3.52. The van der Waals surface area contributed by atoms with Crippen LogP contribution < -0.4 is 15.8 Å². The molecule has 7 nitrogen and oxygen atoms in total. The quantitative estimate of drug-likeness (QED) is 0.374. The van der Waals surface area contributed by atoms with E-state index in [1.807, 2.05) is 32.0 Å². The van der Waals surface area contributed by atoms with Crippen LogP contribution in [-0.4, -0.2) is 20.9 Å². The number of nitriles is 1. The third-order valence-electron chi connectivity index (χ3n) is 4.27. The summed E-state index contributed by atoms with van der Waals surface area (Å²) in [7, 11) is -3.71. The van der Waals surface area contributed by atoms with E-state index < -0.39 is 15.9 Å². The number of nitrogens with two attached hydrogens (primary N) is 1. The van der Waals surface area contributed by atoms with E-state index in [0.29, 0.717) is 18.7 Å². The monoisotopic (exact) mass is 398 g/mol. The number of amides is 1. The Morgan fingerprint density at radius 3 is 2.46 bits per heavy atom. The van der Waals surface area contributed by atoms with Gasteiger partial charge in [-0.05, 0) is 55.2 Å². The fourth-order valence-electron chi connectivity index (χ4n) is 2.46. The molecule has 8 heteroatoms. The van der Waals surface area contributed by atoms with Crippen molar-refractivity contribution < 1.29 is 13.2 Å². The number of carbonyl (C=O) groups excluding carboxylic acids is 1. The van der Waals surface area contributed by atoms with Gasteiger partial charge in [0, 0.05) is 18.4 Å². The Labute approximate surface area is 164 Å². The molecule has 28 heavy (non-hydrogen) atoms. The maximum atomic E-state index is 12.3. The second kappa shape index (κ2) is 9.17. The van der Waals surface area contributed by atoms with Crippen molar-refractivity contribution in [2.75, 3.05) is 11.9 Å². The zero-order valence-corrected chi connectivity index (χ0v) is 16.5. The molecule has 0 saturated carbocycles. The predicted molar refractivity (Wildman–Crippen MR) is 108 cm³/mol. The Hall–Kier alpha value is -3.15. The van der Waals surface area contributed by atoms with Gasteiger partial charge in [0.15, 0.2) is 0 Å². The van der Waals surface area contributed by atoms with Gasteiger partial charge in [0.2, 0.25) is 10.0 Å². The molecule has 0 heterocycles. The van der Waals surface area contributed by atoms with Crippen LogP contribution in [0.4, 0.5) is 5.69 Å². The predicted octanol–water partition coefficient (Wildman–Crippen LogP) is 2.13. The molecule has 2 aromatic carbocycles. The average molecular weight is 398 g/mol. The van der Waals surface area contributed by atoms with Crippen LogP contribution in [0.5, 0.6) is 0 Å². The van der Waals surface area contributed by atoms with Crippen LogP contribution in [-0.2, 0) is 21.2 Å². The second-order valence-electron chi connectivity index (χ2n) is 6.26. The van der Waals surface area contributed by atoms with Crippen molar-refractivity contribution >= 4 is 21.6 Å². The Morgan fingerprint density at radius 1 is 1.18 bits per heavy atom. The molecule has 146 valence electrons. The summed E-state index contributed by atoms with van der Waals surface area (Å²) < 4.78 is 22.5. The van der Waals surface area contributed by atoms with Crippen molar-refractivity contribution in [3.05, 3.63) is 70.9 Å². The fraction of sp³-hybridized carbons (Fsp3) is 0.200. The van der Waals surface area contributed by atoms with Crippen LogP contribution >= 0.6 is 0 Å². The molecule has 0 unspecified atom stereocenters. The van der Waals surface area contributed by atoms with E-state index in [0.717, 1.165) is 16.7 Å². The topological polar surface area (TPSA) is 125 Å². The molecule has 0 aromatic heterocycles. The molecule has 0 radical (unpaired) electrons. The Balaban J connectivity index is 1.93. The number of rotatable bonds is 7. The molecule has 0 spiro atoms. The second-order valence-corrected chi connectivity index (χ2v) is 7.83. The smallest absolute Gasteiger partial charge is 0.267 e. The Kier molecular flexibility index (Phi) is 6.93. The zero-order chi connectivity index (χ0) is 20.7. The minimum atomic E-state index is -3.71. The maximum Gasteiger partial charge on any atom is 0.267 e. The number of primary sulfonamides is 1. The van der Waals surface area contributed by atoms with E-state index in [1.54, 1.807) is 18.2 Å². The highest BCUT2D eigenvalue weighted by molar-refractivity contribution is 7.89. The SMILES string of the molecule is Cc1cccc(NC(=O)/C(C#N)=C\NCCc2ccc(S(N)(=O)=O)cc2)c1C. The van der Waals surface area contributed by atoms with Crippen LogP contribution in [0, 0.1) is 25.2 Å². The van der Waals surface area contributed by atoms with Crippen LogP contribution in [0.25, 0.3) is 0 Å². The molecule has 0 fully saturated rings. The normalized spacial score (nSPS) is 11.6. The third kappa shape index (κ3) is 5.67. The van der Waals surface area contributed by atoms with Crippen molar-refractivity contribution in [1.82, 2.24) is 5.32 Å². The number of nitrogens with one attached hydrogen (secondary N) is 2. The van der Waals surface area contributed by atoms with Crippen LogP contribution in [0.1, 0.15) is 16.7 Å². The largest absolute Gasteiger partial charge is 0.389 e. The van der Waals surface area contributed by atoms with Crippen LogP contribution in [0.15, 0.2) is 59.1 Å². The molecular formula is C20H22N4O3S. The van der Waals surface area contributed by atoms with Crippen molar-refractivity contribution in [2.24, 2.45) is 5.14 Å². The van der Waals surface area contributed by atoms with Crippen molar-refractivity contribution in [3.63, 3.8) is 0 Å². The molecule has 1 amide bonds. The summed E-state index contributed by atoms with van der Waals surface area (Å²) in [5.74, 6) is -0.485. The first-order valence-electron chi connectivity index (χ1n) is 8.55. The lowest BCUT2D eigenvalue weighted by Gasteiger charge is -2.10. The van der Waals surface area contributed by atoms with Gasteiger partial charge in [-0.1, -0.05) is 24.3 Å². The van der Waals surface area contributed by atoms with Crippen molar-refractivity contribution in [3.8, 4) is 6.07 Å². The number of carbonyl (C=O) groups is 1. The van der Waals surface area contributed by atoms with E-state index in [2.05, 4.69) is 10.6 Å². The summed E-state index contributed by atoms with van der Waals surface area (Å²) in [6.07, 6.45) is 1.96. The first-order chi connectivity index (χ1) is 13.2. The Morgan fingerprint density at radius 2 is 1.86 bits per heavy atom. The first-order valence-corrected chi connectivity index (χ1v) is 10.1. The maximum absolute atomic E-state index is 12.3. The van der Waals surface area contributed by atoms with E-state index >= 15 is 0 Å². The molecule has 0 aliphatic heterocycles. The van der Waals surface area contributed by atoms with E-state index in [9.17, 15) is 18.5 Å². The summed E-state index contributed by atoms with van der Waals surface area (Å²) >= 11 is 0. The zero-order valence-electron chi connectivity index (χ0n) is 15.7. The lowest BCUT2D eigenvalue weighted by molar-refractivity contribution is -0.112. The highest BCUT2D eigenvalue weighted by Gasteiger charge is 2.11. The third-order valence-corrected chi connectivity index (χ3v) is 5.20. The van der Waals surface area contributed by atoms with E-state index in [1.165, 1.54) is 18.3 Å². The van der Waals surface area contributed by atoms with Gasteiger partial charge in [0.25, 0.3) is 5.91 Å². The number of anilines is 1. The molecule has 0 saturated heterocycles. The van der Waals surface area contributed by atoms with Crippen molar-refractivity contribution in [2.45, 2.75) is 25.2 Å². The van der Waals surface area contributed by atoms with Gasteiger partial charge in [-0.3, -0.25) is 4.79 Å². The molecule has 0 bridgehead atoms. The number of hydrogen-bond acceptors (Lipinski definition) is 5. The molecule has 0 aliphatic carbocycles. The van der Waals surface area contributed by atoms with Gasteiger partial charge in [-0.15, -0.1) is 0 Å². The highest BCUT2D eigenvalue weighted by atomic mass is 32.2. The van der Waals surface area contributed by atoms with Gasteiger partial charge < -0.3 is 10.6 Å². The molecule has 4 N–H and O–H groups in total. The highest BCUT2D eigenvalue weighted by Crippen LogP contribution is 2.18. The molecular weight excluding hydrogens is 376 g/mol. The number of sulfonamides is 1. The number of nitrogens with zero attached hydrogens (tertiary/aromatic N) is 1. The molecule has 2 rings (SSSR count). The minimum Gasteiger partial charge on any atom is -0.389 e. The lowest BCUT2D eigenvalue weighted by Crippen LogP contribution is -2.18. The average Bonchev–Trinajstić information content (AvgIpc) is 2.65. The number of benzene rings is 2. The molecule has 2 aromatic rings. The fourth-order valence-corrected chi connectivity index (χ4v) is 2.98. The van der Waals surface area contributed by atoms with E-state index in [4.69, 9.17) is 5.14 Å². The number of aryl methyl sites for hydroxylation is 1.